The monoisotopic (exact) mass is 610 g/mol. The van der Waals surface area contributed by atoms with Gasteiger partial charge in [-0.05, 0) is 31.2 Å². The molecule has 10 nitrogen and oxygen atoms in total. The van der Waals surface area contributed by atoms with Crippen molar-refractivity contribution in [2.24, 2.45) is 0 Å². The number of fused-ring (bicyclic) bond motifs is 2. The molecule has 0 spiro atoms. The highest BCUT2D eigenvalue weighted by Crippen LogP contribution is 2.43. The lowest BCUT2D eigenvalue weighted by molar-refractivity contribution is -0.274. The Morgan fingerprint density at radius 1 is 1.10 bits per heavy atom. The minimum Gasteiger partial charge on any atom is -0.406 e. The fourth-order valence-electron chi connectivity index (χ4n) is 4.86. The number of carbonyl (C=O) groups excluding carboxylic acids is 1. The van der Waals surface area contributed by atoms with Gasteiger partial charge in [0.25, 0.3) is 0 Å². The summed E-state index contributed by atoms with van der Waals surface area (Å²) in [6.45, 7) is 2.46. The number of hydrogen-bond donors (Lipinski definition) is 1. The molecule has 0 aliphatic carbocycles. The van der Waals surface area contributed by atoms with Crippen molar-refractivity contribution < 1.29 is 35.9 Å². The van der Waals surface area contributed by atoms with Crippen molar-refractivity contribution in [3.05, 3.63) is 47.9 Å². The Morgan fingerprint density at radius 3 is 2.64 bits per heavy atom. The zero-order valence-electron chi connectivity index (χ0n) is 21.6. The number of nitrogens with one attached hydrogen (secondary N) is 1. The maximum absolute atomic E-state index is 13.7. The van der Waals surface area contributed by atoms with Gasteiger partial charge in [0, 0.05) is 37.9 Å². The molecule has 0 bridgehead atoms. The first-order valence-corrected chi connectivity index (χ1v) is 13.3. The van der Waals surface area contributed by atoms with E-state index in [4.69, 9.17) is 0 Å². The smallest absolute Gasteiger partial charge is 0.406 e. The quantitative estimate of drug-likeness (QED) is 0.277. The first kappa shape index (κ1) is 27.7. The molecule has 1 aromatic carbocycles. The number of imidazole rings is 2. The Hall–Kier alpha value is -4.41. The maximum atomic E-state index is 13.7. The molecule has 4 aromatic heterocycles. The van der Waals surface area contributed by atoms with Gasteiger partial charge in [-0.2, -0.15) is 13.2 Å². The minimum absolute atomic E-state index is 0.000901. The van der Waals surface area contributed by atoms with E-state index in [2.05, 4.69) is 29.7 Å². The van der Waals surface area contributed by atoms with Gasteiger partial charge in [0.1, 0.15) is 28.5 Å². The van der Waals surface area contributed by atoms with Crippen LogP contribution in [0.1, 0.15) is 11.9 Å². The first-order valence-electron chi connectivity index (χ1n) is 12.5. The third-order valence-electron chi connectivity index (χ3n) is 6.68. The summed E-state index contributed by atoms with van der Waals surface area (Å²) in [5.74, 6) is -0.739. The van der Waals surface area contributed by atoms with Crippen LogP contribution in [0.25, 0.3) is 33.7 Å². The summed E-state index contributed by atoms with van der Waals surface area (Å²) in [7, 11) is 0. The fourth-order valence-corrected chi connectivity index (χ4v) is 5.83. The van der Waals surface area contributed by atoms with E-state index in [0.29, 0.717) is 22.5 Å². The second-order valence-electron chi connectivity index (χ2n) is 9.58. The van der Waals surface area contributed by atoms with Crippen LogP contribution in [0.2, 0.25) is 0 Å². The molecule has 5 aromatic rings. The van der Waals surface area contributed by atoms with Crippen molar-refractivity contribution in [1.29, 1.82) is 0 Å². The molecule has 5 heterocycles. The van der Waals surface area contributed by atoms with Gasteiger partial charge in [0.2, 0.25) is 10.9 Å². The number of alkyl halides is 6. The average molecular weight is 611 g/mol. The molecule has 0 unspecified atom stereocenters. The van der Waals surface area contributed by atoms with E-state index < -0.39 is 23.3 Å². The lowest BCUT2D eigenvalue weighted by Gasteiger charge is -2.40. The van der Waals surface area contributed by atoms with E-state index in [1.54, 1.807) is 39.6 Å². The van der Waals surface area contributed by atoms with Crippen LogP contribution in [0, 0.1) is 0 Å². The van der Waals surface area contributed by atoms with Crippen molar-refractivity contribution in [1.82, 2.24) is 34.4 Å². The largest absolute Gasteiger partial charge is 0.573 e. The van der Waals surface area contributed by atoms with Crippen LogP contribution in [0.5, 0.6) is 5.75 Å². The molecule has 0 saturated carbocycles. The van der Waals surface area contributed by atoms with Gasteiger partial charge in [-0.25, -0.2) is 19.9 Å². The van der Waals surface area contributed by atoms with Crippen LogP contribution in [0.15, 0.2) is 42.9 Å². The summed E-state index contributed by atoms with van der Waals surface area (Å²) in [6, 6.07) is 6.54. The standard InChI is InChI=1S/C25H20F6N8O2S/c1-13-10-37(7-8-39(13)18(40)11-38-12-33-16-3-2-6-32-21(16)38)22-19(36-23(42-22)24(26,27)28)20-34-15-5-4-14(9-17(15)35-20)41-25(29,30)31/h2-6,9,12-13H,7-8,10-11H2,1H3,(H,34,35)/t13-/m1/s1. The fraction of sp³-hybridized carbons (Fsp3) is 0.320. The number of hydrogen-bond acceptors (Lipinski definition) is 8. The van der Waals surface area contributed by atoms with Crippen molar-refractivity contribution in [3.8, 4) is 17.3 Å². The highest BCUT2D eigenvalue weighted by Gasteiger charge is 2.39. The number of pyridine rings is 1. The SMILES string of the molecule is C[C@@H]1CN(c2sc(C(F)(F)F)nc2-c2nc3ccc(OC(F)(F)F)cc3[nH]2)CCN1C(=O)Cn1cnc2cccnc21. The summed E-state index contributed by atoms with van der Waals surface area (Å²) < 4.78 is 84.7. The van der Waals surface area contributed by atoms with E-state index >= 15 is 0 Å². The predicted molar refractivity (Wildman–Crippen MR) is 140 cm³/mol. The maximum Gasteiger partial charge on any atom is 0.573 e. The number of aromatic nitrogens is 6. The van der Waals surface area contributed by atoms with Gasteiger partial charge in [-0.15, -0.1) is 13.2 Å². The second kappa shape index (κ2) is 10.1. The molecule has 1 amide bonds. The number of rotatable bonds is 5. The first-order chi connectivity index (χ1) is 19.9. The number of nitrogens with zero attached hydrogens (tertiary/aromatic N) is 7. The highest BCUT2D eigenvalue weighted by atomic mass is 32.1. The summed E-state index contributed by atoms with van der Waals surface area (Å²) in [5.41, 5.74) is 1.47. The van der Waals surface area contributed by atoms with Crippen LogP contribution in [0.3, 0.4) is 0 Å². The van der Waals surface area contributed by atoms with E-state index in [1.165, 1.54) is 12.4 Å². The molecule has 1 atom stereocenters. The minimum atomic E-state index is -4.91. The summed E-state index contributed by atoms with van der Waals surface area (Å²) in [6.07, 6.45) is -6.51. The number of amides is 1. The molecular formula is C25H20F6N8O2S. The zero-order chi connectivity index (χ0) is 29.8. The molecule has 220 valence electrons. The van der Waals surface area contributed by atoms with Crippen LogP contribution in [0.4, 0.5) is 31.3 Å². The molecule has 6 rings (SSSR count). The predicted octanol–water partition coefficient (Wildman–Crippen LogP) is 5.09. The summed E-state index contributed by atoms with van der Waals surface area (Å²) in [5, 5.41) is -0.920. The Labute approximate surface area is 236 Å². The summed E-state index contributed by atoms with van der Waals surface area (Å²) in [4.78, 5) is 35.9. The molecule has 1 aliphatic rings. The van der Waals surface area contributed by atoms with Crippen molar-refractivity contribution in [2.45, 2.75) is 32.0 Å². The van der Waals surface area contributed by atoms with Crippen molar-refractivity contribution >= 4 is 44.4 Å². The van der Waals surface area contributed by atoms with Crippen LogP contribution < -0.4 is 9.64 Å². The second-order valence-corrected chi connectivity index (χ2v) is 10.6. The lowest BCUT2D eigenvalue weighted by Crippen LogP contribution is -2.54. The normalized spacial score (nSPS) is 16.5. The molecular weight excluding hydrogens is 590 g/mol. The van der Waals surface area contributed by atoms with Crippen molar-refractivity contribution in [2.75, 3.05) is 24.5 Å². The van der Waals surface area contributed by atoms with Gasteiger partial charge >= 0.3 is 12.5 Å². The average Bonchev–Trinajstić information content (AvgIpc) is 3.64. The molecule has 0 radical (unpaired) electrons. The highest BCUT2D eigenvalue weighted by molar-refractivity contribution is 7.16. The lowest BCUT2D eigenvalue weighted by atomic mass is 10.2. The number of carbonyl (C=O) groups is 1. The molecule has 42 heavy (non-hydrogen) atoms. The van der Waals surface area contributed by atoms with Gasteiger partial charge in [-0.3, -0.25) is 4.79 Å². The third-order valence-corrected chi connectivity index (χ3v) is 7.84. The molecule has 1 saturated heterocycles. The molecule has 17 heteroatoms. The molecule has 1 fully saturated rings. The topological polar surface area (TPSA) is 105 Å². The number of piperazine rings is 1. The van der Waals surface area contributed by atoms with E-state index in [9.17, 15) is 31.1 Å². The molecule has 1 N–H and O–H groups in total. The van der Waals surface area contributed by atoms with Gasteiger partial charge < -0.3 is 24.1 Å². The Balaban J connectivity index is 1.25. The van der Waals surface area contributed by atoms with Gasteiger partial charge in [0.15, 0.2) is 11.5 Å². The zero-order valence-corrected chi connectivity index (χ0v) is 22.4. The number of H-pyrrole nitrogens is 1. The van der Waals surface area contributed by atoms with Crippen LogP contribution >= 0.6 is 11.3 Å². The van der Waals surface area contributed by atoms with Crippen LogP contribution in [-0.2, 0) is 17.5 Å². The number of benzene rings is 1. The molecule has 1 aliphatic heterocycles. The third kappa shape index (κ3) is 5.43. The Kier molecular flexibility index (Phi) is 6.70. The Morgan fingerprint density at radius 2 is 1.90 bits per heavy atom. The number of aromatic amines is 1. The van der Waals surface area contributed by atoms with E-state index in [-0.39, 0.29) is 65.7 Å². The van der Waals surface area contributed by atoms with E-state index in [0.717, 1.165) is 12.1 Å². The van der Waals surface area contributed by atoms with Gasteiger partial charge in [0.05, 0.1) is 17.4 Å². The van der Waals surface area contributed by atoms with E-state index in [1.807, 2.05) is 0 Å². The number of thiazole rings is 1. The van der Waals surface area contributed by atoms with Gasteiger partial charge in [-0.1, -0.05) is 11.3 Å². The van der Waals surface area contributed by atoms with Crippen molar-refractivity contribution in [3.63, 3.8) is 0 Å². The summed E-state index contributed by atoms with van der Waals surface area (Å²) >= 11 is 0.438. The number of halogens is 6. The number of anilines is 1. The Bertz CT molecular complexity index is 1780. The van der Waals surface area contributed by atoms with Crippen LogP contribution in [-0.4, -0.2) is 72.3 Å². The number of ether oxygens (including phenoxy) is 1.